The lowest BCUT2D eigenvalue weighted by molar-refractivity contribution is 0.590. The van der Waals surface area contributed by atoms with Gasteiger partial charge in [-0.2, -0.15) is 0 Å². The normalized spacial score (nSPS) is 11.6. The van der Waals surface area contributed by atoms with Crippen molar-refractivity contribution in [3.8, 4) is 11.5 Å². The first kappa shape index (κ1) is 10.6. The van der Waals surface area contributed by atoms with Crippen LogP contribution in [0.15, 0.2) is 33.6 Å². The predicted octanol–water partition coefficient (Wildman–Crippen LogP) is 0.722. The second-order valence-electron chi connectivity index (χ2n) is 3.25. The number of benzene rings is 1. The van der Waals surface area contributed by atoms with Crippen molar-refractivity contribution < 1.29 is 12.8 Å². The molecular formula is C9H9N3O3S. The van der Waals surface area contributed by atoms with Gasteiger partial charge < -0.3 is 10.2 Å². The first-order valence-electron chi connectivity index (χ1n) is 4.36. The maximum absolute atomic E-state index is 11.3. The van der Waals surface area contributed by atoms with Gasteiger partial charge in [0.25, 0.3) is 0 Å². The molecule has 2 N–H and O–H groups in total. The molecule has 2 rings (SSSR count). The number of aromatic nitrogens is 2. The summed E-state index contributed by atoms with van der Waals surface area (Å²) in [5, 5.41) is 7.17. The Balaban J connectivity index is 2.52. The molecule has 16 heavy (non-hydrogen) atoms. The van der Waals surface area contributed by atoms with Crippen LogP contribution in [-0.4, -0.2) is 24.9 Å². The Kier molecular flexibility index (Phi) is 2.39. The van der Waals surface area contributed by atoms with Gasteiger partial charge in [0.15, 0.2) is 9.84 Å². The molecule has 0 aliphatic rings. The van der Waals surface area contributed by atoms with Crippen LogP contribution >= 0.6 is 0 Å². The smallest absolute Gasteiger partial charge is 0.313 e. The van der Waals surface area contributed by atoms with Gasteiger partial charge in [0.1, 0.15) is 0 Å². The summed E-state index contributed by atoms with van der Waals surface area (Å²) < 4.78 is 27.7. The van der Waals surface area contributed by atoms with Crippen molar-refractivity contribution >= 4 is 15.9 Å². The van der Waals surface area contributed by atoms with Gasteiger partial charge >= 0.3 is 6.01 Å². The van der Waals surface area contributed by atoms with Crippen molar-refractivity contribution in [3.05, 3.63) is 24.3 Å². The lowest BCUT2D eigenvalue weighted by atomic mass is 10.2. The largest absolute Gasteiger partial charge is 0.404 e. The molecule has 0 aliphatic carbocycles. The molecule has 84 valence electrons. The average molecular weight is 239 g/mol. The quantitative estimate of drug-likeness (QED) is 0.829. The number of nitrogen functional groups attached to an aromatic ring is 1. The van der Waals surface area contributed by atoms with E-state index in [0.717, 1.165) is 6.26 Å². The minimum Gasteiger partial charge on any atom is -0.404 e. The van der Waals surface area contributed by atoms with E-state index in [0.29, 0.717) is 5.56 Å². The summed E-state index contributed by atoms with van der Waals surface area (Å²) in [4.78, 5) is 0.196. The van der Waals surface area contributed by atoms with Crippen molar-refractivity contribution in [2.24, 2.45) is 0 Å². The van der Waals surface area contributed by atoms with Crippen LogP contribution in [0, 0.1) is 0 Å². The van der Waals surface area contributed by atoms with Crippen LogP contribution in [0.3, 0.4) is 0 Å². The fourth-order valence-corrected chi connectivity index (χ4v) is 1.88. The number of nitrogens with two attached hydrogens (primary N) is 1. The molecule has 7 heteroatoms. The van der Waals surface area contributed by atoms with Crippen molar-refractivity contribution in [2.45, 2.75) is 4.90 Å². The minimum absolute atomic E-state index is 0.0558. The molecular weight excluding hydrogens is 230 g/mol. The van der Waals surface area contributed by atoms with Crippen LogP contribution in [0.4, 0.5) is 6.01 Å². The van der Waals surface area contributed by atoms with Crippen LogP contribution in [0.1, 0.15) is 0 Å². The molecule has 0 spiro atoms. The summed E-state index contributed by atoms with van der Waals surface area (Å²) >= 11 is 0. The monoisotopic (exact) mass is 239 g/mol. The molecule has 0 fully saturated rings. The molecule has 0 unspecified atom stereocenters. The van der Waals surface area contributed by atoms with Gasteiger partial charge in [-0.3, -0.25) is 0 Å². The molecule has 6 nitrogen and oxygen atoms in total. The van der Waals surface area contributed by atoms with E-state index >= 15 is 0 Å². The van der Waals surface area contributed by atoms with E-state index in [4.69, 9.17) is 10.2 Å². The molecule has 0 aliphatic heterocycles. The van der Waals surface area contributed by atoms with E-state index in [1.807, 2.05) is 0 Å². The fraction of sp³-hybridized carbons (Fsp3) is 0.111. The Morgan fingerprint density at radius 3 is 2.62 bits per heavy atom. The summed E-state index contributed by atoms with van der Waals surface area (Å²) in [5.41, 5.74) is 5.80. The molecule has 0 saturated carbocycles. The zero-order valence-corrected chi connectivity index (χ0v) is 9.23. The average Bonchev–Trinajstić information content (AvgIpc) is 2.64. The van der Waals surface area contributed by atoms with Gasteiger partial charge in [0, 0.05) is 11.8 Å². The Labute approximate surface area is 92.0 Å². The number of hydrogen-bond donors (Lipinski definition) is 1. The number of hydrogen-bond acceptors (Lipinski definition) is 6. The molecule has 1 aromatic heterocycles. The molecule has 0 bridgehead atoms. The highest BCUT2D eigenvalue weighted by Gasteiger charge is 2.11. The fourth-order valence-electron chi connectivity index (χ4n) is 1.21. The zero-order valence-electron chi connectivity index (χ0n) is 8.41. The Bertz CT molecular complexity index is 618. The summed E-state index contributed by atoms with van der Waals surface area (Å²) in [6.07, 6.45) is 1.13. The lowest BCUT2D eigenvalue weighted by Crippen LogP contribution is -1.96. The van der Waals surface area contributed by atoms with Crippen LogP contribution in [-0.2, 0) is 9.84 Å². The second kappa shape index (κ2) is 3.60. The first-order chi connectivity index (χ1) is 7.47. The maximum Gasteiger partial charge on any atom is 0.313 e. The molecule has 0 atom stereocenters. The van der Waals surface area contributed by atoms with E-state index in [9.17, 15) is 8.42 Å². The van der Waals surface area contributed by atoms with Crippen LogP contribution in [0.2, 0.25) is 0 Å². The van der Waals surface area contributed by atoms with E-state index < -0.39 is 9.84 Å². The summed E-state index contributed by atoms with van der Waals surface area (Å²) in [6.45, 7) is 0. The molecule has 1 heterocycles. The third-order valence-electron chi connectivity index (χ3n) is 1.95. The zero-order chi connectivity index (χ0) is 11.8. The topological polar surface area (TPSA) is 99.1 Å². The Morgan fingerprint density at radius 1 is 1.31 bits per heavy atom. The summed E-state index contributed by atoms with van der Waals surface area (Å²) in [6, 6.07) is 6.17. The van der Waals surface area contributed by atoms with Crippen molar-refractivity contribution in [2.75, 3.05) is 12.0 Å². The molecule has 1 aromatic carbocycles. The van der Waals surface area contributed by atoms with E-state index in [1.165, 1.54) is 12.1 Å². The van der Waals surface area contributed by atoms with Gasteiger partial charge in [-0.15, -0.1) is 5.10 Å². The number of nitrogens with zero attached hydrogens (tertiary/aromatic N) is 2. The van der Waals surface area contributed by atoms with Crippen LogP contribution < -0.4 is 5.73 Å². The number of anilines is 1. The first-order valence-corrected chi connectivity index (χ1v) is 6.25. The maximum atomic E-state index is 11.3. The third kappa shape index (κ3) is 2.03. The van der Waals surface area contributed by atoms with E-state index in [2.05, 4.69) is 10.2 Å². The van der Waals surface area contributed by atoms with Crippen LogP contribution in [0.25, 0.3) is 11.5 Å². The molecule has 2 aromatic rings. The van der Waals surface area contributed by atoms with Gasteiger partial charge in [-0.05, 0) is 18.2 Å². The second-order valence-corrected chi connectivity index (χ2v) is 5.26. The number of rotatable bonds is 2. The van der Waals surface area contributed by atoms with Gasteiger partial charge in [0.05, 0.1) is 4.90 Å². The van der Waals surface area contributed by atoms with Gasteiger partial charge in [-0.1, -0.05) is 11.2 Å². The highest BCUT2D eigenvalue weighted by Crippen LogP contribution is 2.21. The van der Waals surface area contributed by atoms with Crippen molar-refractivity contribution in [1.82, 2.24) is 10.2 Å². The van der Waals surface area contributed by atoms with Crippen LogP contribution in [0.5, 0.6) is 0 Å². The van der Waals surface area contributed by atoms with E-state index in [-0.39, 0.29) is 16.8 Å². The summed E-state index contributed by atoms with van der Waals surface area (Å²) in [5.74, 6) is 0.197. The Morgan fingerprint density at radius 2 is 2.06 bits per heavy atom. The third-order valence-corrected chi connectivity index (χ3v) is 3.06. The highest BCUT2D eigenvalue weighted by atomic mass is 32.2. The van der Waals surface area contributed by atoms with Crippen molar-refractivity contribution in [1.29, 1.82) is 0 Å². The predicted molar refractivity (Wildman–Crippen MR) is 57.3 cm³/mol. The highest BCUT2D eigenvalue weighted by molar-refractivity contribution is 7.90. The number of sulfone groups is 1. The molecule has 0 radical (unpaired) electrons. The lowest BCUT2D eigenvalue weighted by Gasteiger charge is -1.99. The minimum atomic E-state index is -3.25. The molecule has 0 amide bonds. The SMILES string of the molecule is CS(=O)(=O)c1cccc(-c2nnc(N)o2)c1. The van der Waals surface area contributed by atoms with Gasteiger partial charge in [0.2, 0.25) is 5.89 Å². The summed E-state index contributed by atoms with van der Waals surface area (Å²) in [7, 11) is -3.25. The van der Waals surface area contributed by atoms with Gasteiger partial charge in [-0.25, -0.2) is 8.42 Å². The Hall–Kier alpha value is -1.89. The standard InChI is InChI=1S/C9H9N3O3S/c1-16(13,14)7-4-2-3-6(5-7)8-11-12-9(10)15-8/h2-5H,1H3,(H2,10,12). The molecule has 0 saturated heterocycles. The van der Waals surface area contributed by atoms with E-state index in [1.54, 1.807) is 12.1 Å². The van der Waals surface area contributed by atoms with Crippen molar-refractivity contribution in [3.63, 3.8) is 0 Å².